The van der Waals surface area contributed by atoms with Crippen LogP contribution in [0.5, 0.6) is 11.5 Å². The number of amides is 1. The summed E-state index contributed by atoms with van der Waals surface area (Å²) in [6, 6.07) is 5.34. The zero-order valence-corrected chi connectivity index (χ0v) is 22.6. The van der Waals surface area contributed by atoms with Gasteiger partial charge in [-0.05, 0) is 50.8 Å². The van der Waals surface area contributed by atoms with Crippen molar-refractivity contribution in [3.8, 4) is 11.5 Å². The SMILES string of the molecule is CCCCOc1c(CN(C(=O)O)C(C)(C)C)n(CC(C)(C)C)c(=O)c2ccc(OCCOC)cc12. The fourth-order valence-electron chi connectivity index (χ4n) is 3.80. The van der Waals surface area contributed by atoms with Gasteiger partial charge in [0, 0.05) is 24.6 Å². The lowest BCUT2D eigenvalue weighted by Gasteiger charge is -2.35. The second-order valence-electron chi connectivity index (χ2n) is 11.0. The Labute approximate surface area is 208 Å². The van der Waals surface area contributed by atoms with Crippen molar-refractivity contribution >= 4 is 16.9 Å². The van der Waals surface area contributed by atoms with Crippen LogP contribution in [0.15, 0.2) is 23.0 Å². The predicted molar refractivity (Wildman–Crippen MR) is 139 cm³/mol. The fraction of sp³-hybridized carbons (Fsp3) is 0.630. The first-order chi connectivity index (χ1) is 16.3. The molecule has 0 aliphatic rings. The Morgan fingerprint density at radius 3 is 2.26 bits per heavy atom. The summed E-state index contributed by atoms with van der Waals surface area (Å²) < 4.78 is 18.9. The number of fused-ring (bicyclic) bond motifs is 1. The van der Waals surface area contributed by atoms with Crippen LogP contribution >= 0.6 is 0 Å². The van der Waals surface area contributed by atoms with Crippen molar-refractivity contribution in [2.24, 2.45) is 5.41 Å². The first-order valence-corrected chi connectivity index (χ1v) is 12.2. The van der Waals surface area contributed by atoms with Crippen LogP contribution < -0.4 is 15.0 Å². The van der Waals surface area contributed by atoms with Gasteiger partial charge < -0.3 is 23.9 Å². The second kappa shape index (κ2) is 11.8. The molecule has 1 amide bonds. The Morgan fingerprint density at radius 1 is 1.03 bits per heavy atom. The molecular weight excluding hydrogens is 448 g/mol. The standard InChI is InChI=1S/C27H42N2O6/c1-9-10-13-35-23-21-16-19(34-15-14-33-8)11-12-20(21)24(30)28(18-26(2,3)4)22(23)17-29(25(31)32)27(5,6)7/h11-12,16H,9-10,13-15,17-18H2,1-8H3,(H,31,32). The monoisotopic (exact) mass is 490 g/mol. The zero-order valence-electron chi connectivity index (χ0n) is 22.6. The molecule has 0 unspecified atom stereocenters. The topological polar surface area (TPSA) is 90.2 Å². The average Bonchev–Trinajstić information content (AvgIpc) is 2.74. The van der Waals surface area contributed by atoms with E-state index in [4.69, 9.17) is 14.2 Å². The number of hydrogen-bond acceptors (Lipinski definition) is 5. The molecule has 2 aromatic rings. The molecule has 2 rings (SSSR count). The highest BCUT2D eigenvalue weighted by Gasteiger charge is 2.31. The van der Waals surface area contributed by atoms with E-state index < -0.39 is 11.6 Å². The molecule has 0 saturated heterocycles. The van der Waals surface area contributed by atoms with Crippen LogP contribution in [0.2, 0.25) is 0 Å². The van der Waals surface area contributed by atoms with E-state index in [1.165, 1.54) is 4.90 Å². The van der Waals surface area contributed by atoms with Gasteiger partial charge in [0.05, 0.1) is 30.8 Å². The summed E-state index contributed by atoms with van der Waals surface area (Å²) in [4.78, 5) is 27.3. The molecule has 1 heterocycles. The molecule has 8 nitrogen and oxygen atoms in total. The maximum Gasteiger partial charge on any atom is 0.408 e. The molecule has 1 aromatic heterocycles. The number of methoxy groups -OCH3 is 1. The largest absolute Gasteiger partial charge is 0.491 e. The van der Waals surface area contributed by atoms with Gasteiger partial charge in [0.1, 0.15) is 18.1 Å². The molecule has 0 radical (unpaired) electrons. The minimum Gasteiger partial charge on any atom is -0.491 e. The summed E-state index contributed by atoms with van der Waals surface area (Å²) in [7, 11) is 1.61. The molecule has 0 saturated carbocycles. The number of carboxylic acid groups (broad SMARTS) is 1. The number of unbranched alkanes of at least 4 members (excludes halogenated alkanes) is 1. The van der Waals surface area contributed by atoms with Crippen molar-refractivity contribution in [2.75, 3.05) is 26.9 Å². The molecule has 0 atom stereocenters. The summed E-state index contributed by atoms with van der Waals surface area (Å²) >= 11 is 0. The number of rotatable bonds is 11. The number of aromatic nitrogens is 1. The van der Waals surface area contributed by atoms with E-state index >= 15 is 0 Å². The van der Waals surface area contributed by atoms with Crippen molar-refractivity contribution in [2.45, 2.75) is 79.9 Å². The number of benzene rings is 1. The van der Waals surface area contributed by atoms with Gasteiger partial charge in [0.25, 0.3) is 5.56 Å². The normalized spacial score (nSPS) is 12.1. The van der Waals surface area contributed by atoms with Crippen LogP contribution in [0.1, 0.15) is 67.0 Å². The van der Waals surface area contributed by atoms with E-state index in [1.54, 1.807) is 29.9 Å². The fourth-order valence-corrected chi connectivity index (χ4v) is 3.80. The van der Waals surface area contributed by atoms with E-state index in [9.17, 15) is 14.7 Å². The van der Waals surface area contributed by atoms with Crippen molar-refractivity contribution in [3.05, 3.63) is 34.2 Å². The number of ether oxygens (including phenoxy) is 3. The van der Waals surface area contributed by atoms with Crippen LogP contribution in [0.4, 0.5) is 4.79 Å². The van der Waals surface area contributed by atoms with Gasteiger partial charge in [-0.2, -0.15) is 0 Å². The van der Waals surface area contributed by atoms with Crippen LogP contribution in [-0.4, -0.2) is 53.1 Å². The molecule has 1 N–H and O–H groups in total. The van der Waals surface area contributed by atoms with Gasteiger partial charge in [-0.3, -0.25) is 9.69 Å². The molecule has 1 aromatic carbocycles. The Kier molecular flexibility index (Phi) is 9.60. The summed E-state index contributed by atoms with van der Waals surface area (Å²) in [6.07, 6.45) is 0.734. The number of nitrogens with zero attached hydrogens (tertiary/aromatic N) is 2. The van der Waals surface area contributed by atoms with Gasteiger partial charge in [-0.1, -0.05) is 34.1 Å². The van der Waals surface area contributed by atoms with Gasteiger partial charge in [0.2, 0.25) is 0 Å². The third-order valence-electron chi connectivity index (χ3n) is 5.58. The molecule has 0 aliphatic heterocycles. The zero-order chi connectivity index (χ0) is 26.4. The first kappa shape index (κ1) is 28.5. The summed E-state index contributed by atoms with van der Waals surface area (Å²) in [5.41, 5.74) is -0.503. The Hall–Kier alpha value is -2.74. The first-order valence-electron chi connectivity index (χ1n) is 12.2. The van der Waals surface area contributed by atoms with Crippen molar-refractivity contribution in [1.82, 2.24) is 9.47 Å². The summed E-state index contributed by atoms with van der Waals surface area (Å²) in [6.45, 7) is 15.5. The van der Waals surface area contributed by atoms with E-state index in [-0.39, 0.29) is 17.5 Å². The van der Waals surface area contributed by atoms with E-state index in [0.717, 1.165) is 12.8 Å². The molecule has 8 heteroatoms. The Bertz CT molecular complexity index is 1060. The minimum atomic E-state index is -1.05. The van der Waals surface area contributed by atoms with E-state index in [2.05, 4.69) is 27.7 Å². The number of hydrogen-bond donors (Lipinski definition) is 1. The number of carbonyl (C=O) groups is 1. The maximum atomic E-state index is 13.8. The smallest absolute Gasteiger partial charge is 0.408 e. The van der Waals surface area contributed by atoms with Crippen molar-refractivity contribution < 1.29 is 24.1 Å². The van der Waals surface area contributed by atoms with Crippen molar-refractivity contribution in [3.63, 3.8) is 0 Å². The van der Waals surface area contributed by atoms with Crippen LogP contribution in [0, 0.1) is 5.41 Å². The summed E-state index contributed by atoms with van der Waals surface area (Å²) in [5, 5.41) is 11.2. The predicted octanol–water partition coefficient (Wildman–Crippen LogP) is 5.53. The Morgan fingerprint density at radius 2 is 1.71 bits per heavy atom. The highest BCUT2D eigenvalue weighted by Crippen LogP contribution is 2.34. The molecule has 196 valence electrons. The maximum absolute atomic E-state index is 13.8. The lowest BCUT2D eigenvalue weighted by atomic mass is 9.96. The quantitative estimate of drug-likeness (QED) is 0.417. The van der Waals surface area contributed by atoms with Crippen LogP contribution in [0.25, 0.3) is 10.8 Å². The summed E-state index contributed by atoms with van der Waals surface area (Å²) in [5.74, 6) is 1.13. The van der Waals surface area contributed by atoms with Crippen LogP contribution in [-0.2, 0) is 17.8 Å². The average molecular weight is 491 g/mol. The third kappa shape index (κ3) is 7.62. The van der Waals surface area contributed by atoms with Gasteiger partial charge >= 0.3 is 6.09 Å². The van der Waals surface area contributed by atoms with E-state index in [0.29, 0.717) is 54.3 Å². The highest BCUT2D eigenvalue weighted by molar-refractivity contribution is 5.90. The lowest BCUT2D eigenvalue weighted by molar-refractivity contribution is 0.0924. The third-order valence-corrected chi connectivity index (χ3v) is 5.58. The van der Waals surface area contributed by atoms with E-state index in [1.807, 2.05) is 20.8 Å². The Balaban J connectivity index is 2.84. The molecule has 35 heavy (non-hydrogen) atoms. The molecule has 0 bridgehead atoms. The van der Waals surface area contributed by atoms with Gasteiger partial charge in [-0.15, -0.1) is 0 Å². The van der Waals surface area contributed by atoms with Crippen LogP contribution in [0.3, 0.4) is 0 Å². The minimum absolute atomic E-state index is 0.0241. The molecule has 0 fully saturated rings. The molecular formula is C27H42N2O6. The van der Waals surface area contributed by atoms with Gasteiger partial charge in [-0.25, -0.2) is 4.79 Å². The number of pyridine rings is 1. The molecule has 0 spiro atoms. The lowest BCUT2D eigenvalue weighted by Crippen LogP contribution is -2.45. The second-order valence-corrected chi connectivity index (χ2v) is 11.0. The highest BCUT2D eigenvalue weighted by atomic mass is 16.5. The molecule has 0 aliphatic carbocycles. The van der Waals surface area contributed by atoms with Gasteiger partial charge in [0.15, 0.2) is 0 Å². The van der Waals surface area contributed by atoms with Crippen molar-refractivity contribution in [1.29, 1.82) is 0 Å².